The molecule has 2 aromatic rings. The smallest absolute Gasteiger partial charge is 0.343 e. The number of rotatable bonds is 7. The minimum Gasteiger partial charge on any atom is -0.423 e. The van der Waals surface area contributed by atoms with Crippen molar-refractivity contribution >= 4 is 23.8 Å². The molecular formula is C21H21N3O3. The molecule has 0 unspecified atom stereocenters. The lowest BCUT2D eigenvalue weighted by atomic mass is 10.1. The molecule has 0 spiro atoms. The van der Waals surface area contributed by atoms with Crippen molar-refractivity contribution in [1.82, 2.24) is 5.32 Å². The molecule has 6 heteroatoms. The fraction of sp³-hybridized carbons (Fsp3) is 0.0952. The summed E-state index contributed by atoms with van der Waals surface area (Å²) >= 11 is 0. The van der Waals surface area contributed by atoms with Crippen LogP contribution in [0.3, 0.4) is 0 Å². The van der Waals surface area contributed by atoms with Crippen LogP contribution in [0.25, 0.3) is 6.08 Å². The highest BCUT2D eigenvalue weighted by Crippen LogP contribution is 2.15. The second-order valence-electron chi connectivity index (χ2n) is 5.78. The first kappa shape index (κ1) is 19.7. The number of esters is 1. The molecule has 0 saturated carbocycles. The molecular weight excluding hydrogens is 342 g/mol. The molecule has 0 atom stereocenters. The van der Waals surface area contributed by atoms with E-state index in [2.05, 4.69) is 11.9 Å². The Bertz CT molecular complexity index is 882. The summed E-state index contributed by atoms with van der Waals surface area (Å²) < 4.78 is 5.30. The lowest BCUT2D eigenvalue weighted by Gasteiger charge is -2.06. The number of nitrogens with one attached hydrogen (secondary N) is 2. The molecule has 138 valence electrons. The van der Waals surface area contributed by atoms with Crippen molar-refractivity contribution in [3.05, 3.63) is 83.4 Å². The zero-order chi connectivity index (χ0) is 19.8. The van der Waals surface area contributed by atoms with Gasteiger partial charge in [-0.05, 0) is 55.0 Å². The zero-order valence-electron chi connectivity index (χ0n) is 15.0. The number of nitrogen functional groups attached to an aromatic ring is 1. The summed E-state index contributed by atoms with van der Waals surface area (Å²) in [6.07, 6.45) is 3.34. The maximum atomic E-state index is 12.2. The van der Waals surface area contributed by atoms with E-state index >= 15 is 0 Å². The molecule has 0 fully saturated rings. The number of amides is 1. The molecule has 27 heavy (non-hydrogen) atoms. The van der Waals surface area contributed by atoms with Gasteiger partial charge >= 0.3 is 5.97 Å². The third-order valence-electron chi connectivity index (χ3n) is 3.67. The molecule has 6 nitrogen and oxygen atoms in total. The quantitative estimate of drug-likeness (QED) is 0.176. The lowest BCUT2D eigenvalue weighted by molar-refractivity contribution is -0.117. The number of ether oxygens (including phenoxy) is 1. The monoisotopic (exact) mass is 363 g/mol. The standard InChI is InChI=1S/C21H21N3O3/c1-3-12-24-20(25)14(2)13-15-4-6-17(7-5-15)21(26)27-18-10-8-16(9-11-18)19(22)23/h3-11,13H,1,12H2,2H3,(H3,22,23)(H,24,25)/b14-13+. The van der Waals surface area contributed by atoms with Crippen LogP contribution in [0.2, 0.25) is 0 Å². The van der Waals surface area contributed by atoms with Crippen LogP contribution in [0.15, 0.2) is 66.8 Å². The van der Waals surface area contributed by atoms with Crippen molar-refractivity contribution in [2.24, 2.45) is 5.73 Å². The Morgan fingerprint density at radius 1 is 1.11 bits per heavy atom. The van der Waals surface area contributed by atoms with E-state index < -0.39 is 5.97 Å². The van der Waals surface area contributed by atoms with Gasteiger partial charge in [0.15, 0.2) is 0 Å². The third kappa shape index (κ3) is 5.67. The van der Waals surface area contributed by atoms with Crippen LogP contribution in [0.4, 0.5) is 0 Å². The summed E-state index contributed by atoms with van der Waals surface area (Å²) in [6, 6.07) is 13.1. The Morgan fingerprint density at radius 3 is 2.26 bits per heavy atom. The number of amidine groups is 1. The fourth-order valence-corrected chi connectivity index (χ4v) is 2.20. The molecule has 2 rings (SSSR count). The Labute approximate surface area is 157 Å². The van der Waals surface area contributed by atoms with Gasteiger partial charge in [0.1, 0.15) is 11.6 Å². The van der Waals surface area contributed by atoms with Gasteiger partial charge in [0.2, 0.25) is 5.91 Å². The minimum atomic E-state index is -0.499. The molecule has 0 radical (unpaired) electrons. The second-order valence-corrected chi connectivity index (χ2v) is 5.78. The predicted octanol–water partition coefficient (Wildman–Crippen LogP) is 2.90. The van der Waals surface area contributed by atoms with Gasteiger partial charge in [-0.3, -0.25) is 10.2 Å². The van der Waals surface area contributed by atoms with E-state index in [0.29, 0.717) is 29.0 Å². The van der Waals surface area contributed by atoms with Gasteiger partial charge in [0, 0.05) is 17.7 Å². The van der Waals surface area contributed by atoms with Crippen molar-refractivity contribution in [3.8, 4) is 5.75 Å². The van der Waals surface area contributed by atoms with Crippen molar-refractivity contribution < 1.29 is 14.3 Å². The number of benzene rings is 2. The van der Waals surface area contributed by atoms with Gasteiger partial charge in [0.25, 0.3) is 0 Å². The summed E-state index contributed by atoms with van der Waals surface area (Å²) in [5.41, 5.74) is 7.68. The summed E-state index contributed by atoms with van der Waals surface area (Å²) in [5, 5.41) is 10.0. The van der Waals surface area contributed by atoms with E-state index in [1.165, 1.54) is 0 Å². The zero-order valence-corrected chi connectivity index (χ0v) is 15.0. The number of carbonyl (C=O) groups is 2. The van der Waals surface area contributed by atoms with Crippen molar-refractivity contribution in [3.63, 3.8) is 0 Å². The van der Waals surface area contributed by atoms with Crippen molar-refractivity contribution in [1.29, 1.82) is 5.41 Å². The predicted molar refractivity (Wildman–Crippen MR) is 106 cm³/mol. The van der Waals surface area contributed by atoms with Crippen LogP contribution < -0.4 is 15.8 Å². The van der Waals surface area contributed by atoms with Gasteiger partial charge in [0.05, 0.1) is 5.56 Å². The fourth-order valence-electron chi connectivity index (χ4n) is 2.20. The van der Waals surface area contributed by atoms with Crippen molar-refractivity contribution in [2.75, 3.05) is 6.54 Å². The SMILES string of the molecule is C=CCNC(=O)/C(C)=C/c1ccc(C(=O)Oc2ccc(C(=N)N)cc2)cc1. The summed E-state index contributed by atoms with van der Waals surface area (Å²) in [6.45, 7) is 5.67. The normalized spacial score (nSPS) is 10.8. The second kappa shape index (κ2) is 9.15. The highest BCUT2D eigenvalue weighted by molar-refractivity contribution is 5.97. The average Bonchev–Trinajstić information content (AvgIpc) is 2.66. The van der Waals surface area contributed by atoms with Gasteiger partial charge in [-0.15, -0.1) is 6.58 Å². The van der Waals surface area contributed by atoms with Crippen LogP contribution in [-0.2, 0) is 4.79 Å². The number of nitrogens with two attached hydrogens (primary N) is 1. The number of carbonyl (C=O) groups excluding carboxylic acids is 2. The summed E-state index contributed by atoms with van der Waals surface area (Å²) in [7, 11) is 0. The molecule has 0 bridgehead atoms. The maximum absolute atomic E-state index is 12.2. The molecule has 1 amide bonds. The Balaban J connectivity index is 2.03. The van der Waals surface area contributed by atoms with Gasteiger partial charge < -0.3 is 15.8 Å². The molecule has 0 heterocycles. The largest absolute Gasteiger partial charge is 0.423 e. The Kier molecular flexibility index (Phi) is 6.66. The van der Waals surface area contributed by atoms with Gasteiger partial charge in [-0.25, -0.2) is 4.79 Å². The molecule has 0 aliphatic rings. The van der Waals surface area contributed by atoms with Crippen LogP contribution in [0.1, 0.15) is 28.4 Å². The van der Waals surface area contributed by atoms with E-state index in [9.17, 15) is 9.59 Å². The molecule has 4 N–H and O–H groups in total. The van der Waals surface area contributed by atoms with E-state index in [-0.39, 0.29) is 11.7 Å². The first-order valence-corrected chi connectivity index (χ1v) is 8.25. The Hall–Kier alpha value is -3.67. The minimum absolute atomic E-state index is 0.0509. The van der Waals surface area contributed by atoms with Crippen LogP contribution in [0, 0.1) is 5.41 Å². The molecule has 2 aromatic carbocycles. The molecule has 0 aliphatic carbocycles. The summed E-state index contributed by atoms with van der Waals surface area (Å²) in [4.78, 5) is 24.0. The average molecular weight is 363 g/mol. The van der Waals surface area contributed by atoms with Crippen LogP contribution in [-0.4, -0.2) is 24.3 Å². The van der Waals surface area contributed by atoms with Gasteiger partial charge in [-0.2, -0.15) is 0 Å². The highest BCUT2D eigenvalue weighted by atomic mass is 16.5. The molecule has 0 aromatic heterocycles. The first-order valence-electron chi connectivity index (χ1n) is 8.25. The van der Waals surface area contributed by atoms with Gasteiger partial charge in [-0.1, -0.05) is 18.2 Å². The van der Waals surface area contributed by atoms with Crippen LogP contribution in [0.5, 0.6) is 5.75 Å². The number of hydrogen-bond donors (Lipinski definition) is 3. The number of hydrogen-bond acceptors (Lipinski definition) is 4. The van der Waals surface area contributed by atoms with Crippen molar-refractivity contribution in [2.45, 2.75) is 6.92 Å². The van der Waals surface area contributed by atoms with E-state index in [1.54, 1.807) is 67.6 Å². The molecule has 0 aliphatic heterocycles. The Morgan fingerprint density at radius 2 is 1.70 bits per heavy atom. The van der Waals surface area contributed by atoms with E-state index in [4.69, 9.17) is 15.9 Å². The first-order chi connectivity index (χ1) is 12.9. The highest BCUT2D eigenvalue weighted by Gasteiger charge is 2.09. The molecule has 0 saturated heterocycles. The maximum Gasteiger partial charge on any atom is 0.343 e. The van der Waals surface area contributed by atoms with Crippen LogP contribution >= 0.6 is 0 Å². The lowest BCUT2D eigenvalue weighted by Crippen LogP contribution is -2.23. The third-order valence-corrected chi connectivity index (χ3v) is 3.67. The summed E-state index contributed by atoms with van der Waals surface area (Å²) in [5.74, 6) is -0.359. The van der Waals surface area contributed by atoms with E-state index in [1.807, 2.05) is 0 Å². The topological polar surface area (TPSA) is 105 Å². The van der Waals surface area contributed by atoms with E-state index in [0.717, 1.165) is 5.56 Å².